The first kappa shape index (κ1) is 21.4. The molecule has 0 aliphatic carbocycles. The van der Waals surface area contributed by atoms with Gasteiger partial charge in [-0.3, -0.25) is 0 Å². The van der Waals surface area contributed by atoms with Crippen LogP contribution in [-0.2, 0) is 0 Å². The van der Waals surface area contributed by atoms with Gasteiger partial charge in [0.1, 0.15) is 6.61 Å². The number of aromatic nitrogens is 2. The number of nitrogens with two attached hydrogens (primary N) is 1. The molecule has 0 aliphatic rings. The molecule has 0 spiro atoms. The minimum absolute atomic E-state index is 0.00103. The van der Waals surface area contributed by atoms with Crippen LogP contribution in [0.2, 0.25) is 0 Å². The number of ether oxygens (including phenoxy) is 1. The first-order valence-electron chi connectivity index (χ1n) is 8.68. The fourth-order valence-corrected chi connectivity index (χ4v) is 2.03. The number of aliphatic hydroxyl groups excluding tert-OH is 1. The van der Waals surface area contributed by atoms with Crippen molar-refractivity contribution in [2.45, 2.75) is 39.7 Å². The highest BCUT2D eigenvalue weighted by molar-refractivity contribution is 5.52. The molecule has 0 aromatic carbocycles. The zero-order valence-corrected chi connectivity index (χ0v) is 16.0. The Morgan fingerprint density at radius 3 is 2.77 bits per heavy atom. The summed E-state index contributed by atoms with van der Waals surface area (Å²) in [5, 5.41) is 12.6. The van der Waals surface area contributed by atoms with Crippen LogP contribution in [0.3, 0.4) is 0 Å². The average Bonchev–Trinajstić information content (AvgIpc) is 2.60. The normalized spacial score (nSPS) is 12.8. The molecule has 0 bridgehead atoms. The third kappa shape index (κ3) is 7.53. The van der Waals surface area contributed by atoms with Crippen LogP contribution in [0.4, 0.5) is 11.8 Å². The van der Waals surface area contributed by atoms with Gasteiger partial charge in [-0.25, -0.2) is 4.98 Å². The SMILES string of the molecule is C=C(/C=C\C=C(/C)C(=C)C)COc1cnc(N)nc1NC(CO)CCC. The van der Waals surface area contributed by atoms with Gasteiger partial charge in [-0.1, -0.05) is 50.3 Å². The van der Waals surface area contributed by atoms with Gasteiger partial charge in [0.15, 0.2) is 11.6 Å². The van der Waals surface area contributed by atoms with Crippen LogP contribution < -0.4 is 15.8 Å². The van der Waals surface area contributed by atoms with Gasteiger partial charge < -0.3 is 20.9 Å². The molecule has 0 saturated carbocycles. The summed E-state index contributed by atoms with van der Waals surface area (Å²) in [6.07, 6.45) is 9.04. The molecule has 0 saturated heterocycles. The summed E-state index contributed by atoms with van der Waals surface area (Å²) >= 11 is 0. The van der Waals surface area contributed by atoms with E-state index in [2.05, 4.69) is 35.4 Å². The summed E-state index contributed by atoms with van der Waals surface area (Å²) < 4.78 is 5.77. The summed E-state index contributed by atoms with van der Waals surface area (Å²) in [7, 11) is 0. The fourth-order valence-electron chi connectivity index (χ4n) is 2.03. The van der Waals surface area contributed by atoms with Crippen LogP contribution in [0.1, 0.15) is 33.6 Å². The lowest BCUT2D eigenvalue weighted by Gasteiger charge is -2.18. The van der Waals surface area contributed by atoms with Gasteiger partial charge in [0.05, 0.1) is 18.8 Å². The van der Waals surface area contributed by atoms with Crippen LogP contribution in [0, 0.1) is 0 Å². The quantitative estimate of drug-likeness (QED) is 0.523. The standard InChI is InChI=1S/C20H30N4O2/c1-6-8-17(12-25)23-19-18(11-22-20(21)24-19)26-13-15(4)9-7-10-16(5)14(2)3/h7,9-11,17,25H,2,4,6,8,12-13H2,1,3,5H3,(H3,21,22,23,24)/b9-7-,16-10+. The summed E-state index contributed by atoms with van der Waals surface area (Å²) in [5.41, 5.74) is 8.60. The van der Waals surface area contributed by atoms with Gasteiger partial charge in [-0.15, -0.1) is 0 Å². The maximum atomic E-state index is 9.46. The predicted octanol–water partition coefficient (Wildman–Crippen LogP) is 3.65. The third-order valence-electron chi connectivity index (χ3n) is 3.74. The van der Waals surface area contributed by atoms with E-state index < -0.39 is 0 Å². The smallest absolute Gasteiger partial charge is 0.222 e. The van der Waals surface area contributed by atoms with Gasteiger partial charge in [0.2, 0.25) is 5.95 Å². The monoisotopic (exact) mass is 358 g/mol. The van der Waals surface area contributed by atoms with E-state index in [1.54, 1.807) is 0 Å². The second kappa shape index (κ2) is 11.1. The maximum absolute atomic E-state index is 9.46. The number of nitrogen functional groups attached to an aromatic ring is 1. The number of allylic oxidation sites excluding steroid dienone is 4. The van der Waals surface area contributed by atoms with Crippen LogP contribution in [0.25, 0.3) is 0 Å². The molecule has 1 unspecified atom stereocenters. The van der Waals surface area contributed by atoms with Crippen LogP contribution in [0.15, 0.2) is 54.3 Å². The first-order chi connectivity index (χ1) is 12.4. The van der Waals surface area contributed by atoms with E-state index in [9.17, 15) is 5.11 Å². The number of anilines is 2. The molecule has 142 valence electrons. The van der Waals surface area contributed by atoms with Gasteiger partial charge in [-0.2, -0.15) is 4.98 Å². The van der Waals surface area contributed by atoms with Crippen molar-refractivity contribution in [3.05, 3.63) is 54.3 Å². The highest BCUT2D eigenvalue weighted by atomic mass is 16.5. The molecule has 6 nitrogen and oxygen atoms in total. The lowest BCUT2D eigenvalue weighted by Crippen LogP contribution is -2.24. The second-order valence-corrected chi connectivity index (χ2v) is 6.19. The number of rotatable bonds is 11. The number of hydrogen-bond donors (Lipinski definition) is 3. The summed E-state index contributed by atoms with van der Waals surface area (Å²) in [5.74, 6) is 1.09. The largest absolute Gasteiger partial charge is 0.483 e. The van der Waals surface area contributed by atoms with E-state index in [0.717, 1.165) is 29.6 Å². The predicted molar refractivity (Wildman–Crippen MR) is 108 cm³/mol. The molecule has 6 heteroatoms. The Kier molecular flexibility index (Phi) is 9.15. The lowest BCUT2D eigenvalue weighted by molar-refractivity contribution is 0.267. The fraction of sp³-hybridized carbons (Fsp3) is 0.400. The molecule has 1 aromatic heterocycles. The number of aliphatic hydroxyl groups is 1. The van der Waals surface area contributed by atoms with Crippen molar-refractivity contribution in [2.75, 3.05) is 24.3 Å². The molecule has 26 heavy (non-hydrogen) atoms. The zero-order chi connectivity index (χ0) is 19.5. The van der Waals surface area contributed by atoms with Gasteiger partial charge in [0.25, 0.3) is 0 Å². The van der Waals surface area contributed by atoms with Crippen molar-refractivity contribution in [3.63, 3.8) is 0 Å². The molecule has 1 heterocycles. The zero-order valence-electron chi connectivity index (χ0n) is 16.0. The molecule has 0 radical (unpaired) electrons. The van der Waals surface area contributed by atoms with E-state index in [1.807, 2.05) is 32.1 Å². The Morgan fingerprint density at radius 2 is 2.15 bits per heavy atom. The molecule has 4 N–H and O–H groups in total. The van der Waals surface area contributed by atoms with Crippen LogP contribution >= 0.6 is 0 Å². The number of nitrogens with one attached hydrogen (secondary N) is 1. The highest BCUT2D eigenvalue weighted by Gasteiger charge is 2.13. The van der Waals surface area contributed by atoms with Crippen molar-refractivity contribution in [1.29, 1.82) is 0 Å². The third-order valence-corrected chi connectivity index (χ3v) is 3.74. The number of nitrogens with zero attached hydrogens (tertiary/aromatic N) is 2. The van der Waals surface area contributed by atoms with Crippen molar-refractivity contribution < 1.29 is 9.84 Å². The minimum atomic E-state index is -0.116. The Bertz CT molecular complexity index is 680. The Balaban J connectivity index is 2.74. The maximum Gasteiger partial charge on any atom is 0.222 e. The summed E-state index contributed by atoms with van der Waals surface area (Å²) in [4.78, 5) is 8.15. The van der Waals surface area contributed by atoms with Crippen LogP contribution in [-0.4, -0.2) is 34.3 Å². The van der Waals surface area contributed by atoms with Crippen molar-refractivity contribution in [3.8, 4) is 5.75 Å². The van der Waals surface area contributed by atoms with Gasteiger partial charge in [-0.05, 0) is 31.4 Å². The topological polar surface area (TPSA) is 93.3 Å². The van der Waals surface area contributed by atoms with E-state index >= 15 is 0 Å². The molecule has 1 rings (SSSR count). The molecule has 1 atom stereocenters. The van der Waals surface area contributed by atoms with E-state index in [0.29, 0.717) is 11.6 Å². The summed E-state index contributed by atoms with van der Waals surface area (Å²) in [6, 6.07) is -0.116. The van der Waals surface area contributed by atoms with E-state index in [4.69, 9.17) is 10.5 Å². The molecule has 0 aliphatic heterocycles. The minimum Gasteiger partial charge on any atom is -0.483 e. The van der Waals surface area contributed by atoms with Gasteiger partial charge in [0, 0.05) is 0 Å². The molecular weight excluding hydrogens is 328 g/mol. The Morgan fingerprint density at radius 1 is 1.42 bits per heavy atom. The van der Waals surface area contributed by atoms with E-state index in [-0.39, 0.29) is 25.2 Å². The molecular formula is C20H30N4O2. The molecule has 1 aromatic rings. The highest BCUT2D eigenvalue weighted by Crippen LogP contribution is 2.23. The van der Waals surface area contributed by atoms with Crippen molar-refractivity contribution >= 4 is 11.8 Å². The van der Waals surface area contributed by atoms with Gasteiger partial charge >= 0.3 is 0 Å². The second-order valence-electron chi connectivity index (χ2n) is 6.19. The van der Waals surface area contributed by atoms with Crippen molar-refractivity contribution in [2.24, 2.45) is 0 Å². The Labute approximate surface area is 156 Å². The van der Waals surface area contributed by atoms with E-state index in [1.165, 1.54) is 6.20 Å². The molecule has 0 amide bonds. The van der Waals surface area contributed by atoms with Crippen LogP contribution in [0.5, 0.6) is 5.75 Å². The lowest BCUT2D eigenvalue weighted by atomic mass is 10.1. The number of hydrogen-bond acceptors (Lipinski definition) is 6. The van der Waals surface area contributed by atoms with Crippen molar-refractivity contribution in [1.82, 2.24) is 9.97 Å². The first-order valence-corrected chi connectivity index (χ1v) is 8.68. The average molecular weight is 358 g/mol. The summed E-state index contributed by atoms with van der Waals surface area (Å²) in [6.45, 7) is 14.2. The Hall–Kier alpha value is -2.60. The molecule has 0 fully saturated rings.